The van der Waals surface area contributed by atoms with E-state index in [2.05, 4.69) is 29.1 Å². The van der Waals surface area contributed by atoms with Crippen LogP contribution in [0.2, 0.25) is 0 Å². The van der Waals surface area contributed by atoms with E-state index in [9.17, 15) is 0 Å². The predicted octanol–water partition coefficient (Wildman–Crippen LogP) is 2.59. The molecule has 1 aliphatic rings. The van der Waals surface area contributed by atoms with Crippen molar-refractivity contribution in [2.24, 2.45) is 10.9 Å². The van der Waals surface area contributed by atoms with Crippen molar-refractivity contribution in [3.05, 3.63) is 17.8 Å². The van der Waals surface area contributed by atoms with Crippen LogP contribution in [-0.4, -0.2) is 21.9 Å². The minimum atomic E-state index is 0.619. The van der Waals surface area contributed by atoms with Crippen LogP contribution in [0.4, 0.5) is 0 Å². The Bertz CT molecular complexity index is 400. The number of amidine groups is 1. The lowest BCUT2D eigenvalue weighted by Crippen LogP contribution is -2.19. The summed E-state index contributed by atoms with van der Waals surface area (Å²) in [6.07, 6.45) is 2.96. The molecule has 1 atom stereocenters. The second-order valence-corrected chi connectivity index (χ2v) is 6.02. The molecule has 2 heterocycles. The molecule has 5 heteroatoms. The van der Waals surface area contributed by atoms with Gasteiger partial charge in [-0.1, -0.05) is 25.6 Å². The van der Waals surface area contributed by atoms with E-state index in [0.29, 0.717) is 11.8 Å². The first kappa shape index (κ1) is 12.5. The second-order valence-electron chi connectivity index (χ2n) is 4.73. The van der Waals surface area contributed by atoms with Gasteiger partial charge in [-0.25, -0.2) is 4.98 Å². The van der Waals surface area contributed by atoms with Crippen molar-refractivity contribution in [3.63, 3.8) is 0 Å². The van der Waals surface area contributed by atoms with Gasteiger partial charge in [-0.2, -0.15) is 0 Å². The van der Waals surface area contributed by atoms with Crippen molar-refractivity contribution in [2.75, 3.05) is 6.54 Å². The molecule has 0 radical (unpaired) electrons. The number of hydrogen-bond acceptors (Lipinski definition) is 5. The summed E-state index contributed by atoms with van der Waals surface area (Å²) in [6, 6.07) is 0. The van der Waals surface area contributed by atoms with Crippen molar-refractivity contribution in [1.29, 1.82) is 0 Å². The third kappa shape index (κ3) is 3.77. The van der Waals surface area contributed by atoms with E-state index in [0.717, 1.165) is 29.3 Å². The first-order valence-corrected chi connectivity index (χ1v) is 6.87. The molecule has 1 unspecified atom stereocenters. The molecule has 0 aliphatic carbocycles. The lowest BCUT2D eigenvalue weighted by atomic mass is 10.1. The highest BCUT2D eigenvalue weighted by molar-refractivity contribution is 8.14. The summed E-state index contributed by atoms with van der Waals surface area (Å²) in [6.45, 7) is 7.95. The molecule has 94 valence electrons. The van der Waals surface area contributed by atoms with Gasteiger partial charge >= 0.3 is 0 Å². The Balaban J connectivity index is 1.74. The SMILES string of the molecule is Cc1cnc(CNC2=NCC(CC(C)C)S2)o1. The van der Waals surface area contributed by atoms with Crippen LogP contribution in [0.25, 0.3) is 0 Å². The quantitative estimate of drug-likeness (QED) is 0.896. The molecule has 0 bridgehead atoms. The molecule has 17 heavy (non-hydrogen) atoms. The number of aryl methyl sites for hydroxylation is 1. The molecule has 0 amide bonds. The molecule has 0 saturated heterocycles. The second kappa shape index (κ2) is 5.58. The Morgan fingerprint density at radius 3 is 3.06 bits per heavy atom. The van der Waals surface area contributed by atoms with Crippen LogP contribution in [-0.2, 0) is 6.54 Å². The van der Waals surface area contributed by atoms with Gasteiger partial charge < -0.3 is 9.73 Å². The van der Waals surface area contributed by atoms with E-state index in [1.165, 1.54) is 6.42 Å². The minimum absolute atomic E-state index is 0.619. The van der Waals surface area contributed by atoms with Crippen molar-refractivity contribution < 1.29 is 4.42 Å². The first-order chi connectivity index (χ1) is 8.13. The number of hydrogen-bond donors (Lipinski definition) is 1. The number of oxazole rings is 1. The Hall–Kier alpha value is -0.970. The Morgan fingerprint density at radius 2 is 2.41 bits per heavy atom. The molecule has 2 rings (SSSR count). The molecule has 0 saturated carbocycles. The standard InChI is InChI=1S/C12H19N3OS/c1-8(2)4-10-6-14-12(17-10)15-7-11-13-5-9(3)16-11/h5,8,10H,4,6-7H2,1-3H3,(H,14,15). The molecule has 4 nitrogen and oxygen atoms in total. The zero-order chi connectivity index (χ0) is 12.3. The minimum Gasteiger partial charge on any atom is -0.444 e. The number of nitrogens with one attached hydrogen (secondary N) is 1. The Kier molecular flexibility index (Phi) is 4.10. The molecular formula is C12H19N3OS. The van der Waals surface area contributed by atoms with Gasteiger partial charge in [0.05, 0.1) is 19.3 Å². The zero-order valence-electron chi connectivity index (χ0n) is 10.6. The van der Waals surface area contributed by atoms with Gasteiger partial charge in [0, 0.05) is 5.25 Å². The summed E-state index contributed by atoms with van der Waals surface area (Å²) < 4.78 is 5.40. The van der Waals surface area contributed by atoms with E-state index >= 15 is 0 Å². The van der Waals surface area contributed by atoms with Crippen molar-refractivity contribution in [2.45, 2.75) is 39.0 Å². The van der Waals surface area contributed by atoms with Crippen LogP contribution in [0.3, 0.4) is 0 Å². The van der Waals surface area contributed by atoms with Crippen molar-refractivity contribution in [1.82, 2.24) is 10.3 Å². The van der Waals surface area contributed by atoms with Gasteiger partial charge in [-0.3, -0.25) is 4.99 Å². The van der Waals surface area contributed by atoms with Crippen LogP contribution in [0, 0.1) is 12.8 Å². The van der Waals surface area contributed by atoms with Gasteiger partial charge in [0.2, 0.25) is 5.89 Å². The number of nitrogens with zero attached hydrogens (tertiary/aromatic N) is 2. The number of thioether (sulfide) groups is 1. The topological polar surface area (TPSA) is 50.4 Å². The highest BCUT2D eigenvalue weighted by Crippen LogP contribution is 2.25. The highest BCUT2D eigenvalue weighted by Gasteiger charge is 2.20. The smallest absolute Gasteiger partial charge is 0.213 e. The molecule has 0 spiro atoms. The van der Waals surface area contributed by atoms with Gasteiger partial charge in [-0.05, 0) is 19.3 Å². The van der Waals surface area contributed by atoms with Crippen LogP contribution < -0.4 is 5.32 Å². The molecule has 1 aromatic heterocycles. The van der Waals surface area contributed by atoms with Gasteiger partial charge in [-0.15, -0.1) is 0 Å². The monoisotopic (exact) mass is 253 g/mol. The fourth-order valence-corrected chi connectivity index (χ4v) is 3.05. The summed E-state index contributed by atoms with van der Waals surface area (Å²) in [5.41, 5.74) is 0. The van der Waals surface area contributed by atoms with Crippen molar-refractivity contribution in [3.8, 4) is 0 Å². The van der Waals surface area contributed by atoms with Crippen LogP contribution >= 0.6 is 11.8 Å². The van der Waals surface area contributed by atoms with Gasteiger partial charge in [0.25, 0.3) is 0 Å². The lowest BCUT2D eigenvalue weighted by molar-refractivity contribution is 0.466. The molecule has 1 aromatic rings. The van der Waals surface area contributed by atoms with E-state index < -0.39 is 0 Å². The van der Waals surface area contributed by atoms with Crippen LogP contribution in [0.1, 0.15) is 31.9 Å². The summed E-state index contributed by atoms with van der Waals surface area (Å²) in [5.74, 6) is 2.30. The molecular weight excluding hydrogens is 234 g/mol. The normalized spacial score (nSPS) is 19.8. The fraction of sp³-hybridized carbons (Fsp3) is 0.667. The maximum atomic E-state index is 5.40. The maximum Gasteiger partial charge on any atom is 0.213 e. The van der Waals surface area contributed by atoms with Gasteiger partial charge in [0.1, 0.15) is 5.76 Å². The molecule has 1 N–H and O–H groups in total. The highest BCUT2D eigenvalue weighted by atomic mass is 32.2. The van der Waals surface area contributed by atoms with Crippen LogP contribution in [0.15, 0.2) is 15.6 Å². The summed E-state index contributed by atoms with van der Waals surface area (Å²) in [5, 5.41) is 4.92. The van der Waals surface area contributed by atoms with Crippen LogP contribution in [0.5, 0.6) is 0 Å². The first-order valence-electron chi connectivity index (χ1n) is 5.99. The lowest BCUT2D eigenvalue weighted by Gasteiger charge is -2.10. The zero-order valence-corrected chi connectivity index (χ0v) is 11.4. The summed E-state index contributed by atoms with van der Waals surface area (Å²) >= 11 is 1.83. The largest absolute Gasteiger partial charge is 0.444 e. The average molecular weight is 253 g/mol. The fourth-order valence-electron chi connectivity index (χ4n) is 1.80. The summed E-state index contributed by atoms with van der Waals surface area (Å²) in [4.78, 5) is 8.64. The van der Waals surface area contributed by atoms with Gasteiger partial charge in [0.15, 0.2) is 5.17 Å². The van der Waals surface area contributed by atoms with Crippen molar-refractivity contribution >= 4 is 16.9 Å². The van der Waals surface area contributed by atoms with E-state index in [1.807, 2.05) is 18.7 Å². The van der Waals surface area contributed by atoms with E-state index in [4.69, 9.17) is 4.42 Å². The number of aromatic nitrogens is 1. The maximum absolute atomic E-state index is 5.40. The Morgan fingerprint density at radius 1 is 1.59 bits per heavy atom. The summed E-state index contributed by atoms with van der Waals surface area (Å²) in [7, 11) is 0. The number of rotatable bonds is 4. The number of aliphatic imine (C=N–C) groups is 1. The molecule has 0 fully saturated rings. The third-order valence-corrected chi connectivity index (χ3v) is 3.68. The molecule has 0 aromatic carbocycles. The third-order valence-electron chi connectivity index (χ3n) is 2.51. The van der Waals surface area contributed by atoms with E-state index in [-0.39, 0.29) is 0 Å². The molecule has 1 aliphatic heterocycles. The average Bonchev–Trinajstić information content (AvgIpc) is 2.84. The predicted molar refractivity (Wildman–Crippen MR) is 71.2 cm³/mol. The van der Waals surface area contributed by atoms with E-state index in [1.54, 1.807) is 6.20 Å². The Labute approximate surface area is 106 Å².